The number of aryl methyl sites for hydroxylation is 1. The van der Waals surface area contributed by atoms with Crippen LogP contribution in [0.25, 0.3) is 0 Å². The molecule has 0 fully saturated rings. The molecule has 0 aliphatic rings. The van der Waals surface area contributed by atoms with Crippen LogP contribution in [0.5, 0.6) is 0 Å². The van der Waals surface area contributed by atoms with Gasteiger partial charge in [0.1, 0.15) is 18.3 Å². The van der Waals surface area contributed by atoms with Gasteiger partial charge in [0.25, 0.3) is 5.91 Å². The molecule has 1 heterocycles. The second-order valence-corrected chi connectivity index (χ2v) is 7.96. The number of amides is 2. The van der Waals surface area contributed by atoms with Crippen LogP contribution >= 0.6 is 11.6 Å². The molecule has 0 saturated heterocycles. The summed E-state index contributed by atoms with van der Waals surface area (Å²) in [5.74, 6) is -0.849. The van der Waals surface area contributed by atoms with Crippen LogP contribution in [0.15, 0.2) is 30.3 Å². The SMILES string of the molecule is Cn1nc(C(C)(C)C)cc1C(=O)NC(Cc1cccc(Cl)c1)C(=O)NCC#N. The zero-order valence-corrected chi connectivity index (χ0v) is 17.2. The standard InChI is InChI=1S/C20H24ClN5O2/c1-20(2,3)17-12-16(26(4)25-17)19(28)24-15(18(27)23-9-8-22)11-13-6-5-7-14(21)10-13/h5-7,10,12,15H,9,11H2,1-4H3,(H,23,27)(H,24,28). The quantitative estimate of drug-likeness (QED) is 0.725. The van der Waals surface area contributed by atoms with Gasteiger partial charge in [-0.1, -0.05) is 44.5 Å². The summed E-state index contributed by atoms with van der Waals surface area (Å²) in [6.07, 6.45) is 0.244. The fourth-order valence-corrected chi connectivity index (χ4v) is 2.85. The summed E-state index contributed by atoms with van der Waals surface area (Å²) in [7, 11) is 1.69. The molecule has 7 nitrogen and oxygen atoms in total. The molecular weight excluding hydrogens is 378 g/mol. The lowest BCUT2D eigenvalue weighted by atomic mass is 9.92. The molecule has 28 heavy (non-hydrogen) atoms. The molecule has 0 spiro atoms. The number of halogens is 1. The highest BCUT2D eigenvalue weighted by Gasteiger charge is 2.26. The highest BCUT2D eigenvalue weighted by Crippen LogP contribution is 2.21. The van der Waals surface area contributed by atoms with E-state index in [1.807, 2.05) is 32.9 Å². The summed E-state index contributed by atoms with van der Waals surface area (Å²) < 4.78 is 1.50. The molecule has 2 N–H and O–H groups in total. The molecule has 8 heteroatoms. The lowest BCUT2D eigenvalue weighted by molar-refractivity contribution is -0.122. The van der Waals surface area contributed by atoms with E-state index < -0.39 is 17.9 Å². The number of benzene rings is 1. The van der Waals surface area contributed by atoms with Crippen molar-refractivity contribution < 1.29 is 9.59 Å². The van der Waals surface area contributed by atoms with E-state index in [9.17, 15) is 9.59 Å². The Morgan fingerprint density at radius 3 is 2.61 bits per heavy atom. The number of carbonyl (C=O) groups excluding carboxylic acids is 2. The molecule has 1 atom stereocenters. The molecule has 0 saturated carbocycles. The predicted molar refractivity (Wildman–Crippen MR) is 107 cm³/mol. The summed E-state index contributed by atoms with van der Waals surface area (Å²) in [6, 6.07) is 9.80. The monoisotopic (exact) mass is 401 g/mol. The van der Waals surface area contributed by atoms with Crippen molar-refractivity contribution >= 4 is 23.4 Å². The Balaban J connectivity index is 2.24. The Hall–Kier alpha value is -2.85. The molecule has 2 amide bonds. The third kappa shape index (κ3) is 5.57. The van der Waals surface area contributed by atoms with Gasteiger partial charge in [-0.2, -0.15) is 10.4 Å². The number of aromatic nitrogens is 2. The Morgan fingerprint density at radius 1 is 1.32 bits per heavy atom. The van der Waals surface area contributed by atoms with Gasteiger partial charge in [0.15, 0.2) is 0 Å². The Labute approximate surface area is 169 Å². The second kappa shape index (κ2) is 8.89. The van der Waals surface area contributed by atoms with Crippen LogP contribution in [0.2, 0.25) is 5.02 Å². The molecule has 0 aliphatic heterocycles. The number of carbonyl (C=O) groups is 2. The maximum atomic E-state index is 12.8. The summed E-state index contributed by atoms with van der Waals surface area (Å²) in [5.41, 5.74) is 1.72. The Kier molecular flexibility index (Phi) is 6.81. The van der Waals surface area contributed by atoms with Crippen molar-refractivity contribution in [3.05, 3.63) is 52.3 Å². The fraction of sp³-hybridized carbons (Fsp3) is 0.400. The smallest absolute Gasteiger partial charge is 0.270 e. The number of hydrogen-bond donors (Lipinski definition) is 2. The van der Waals surface area contributed by atoms with E-state index in [4.69, 9.17) is 16.9 Å². The van der Waals surface area contributed by atoms with E-state index in [1.54, 1.807) is 31.3 Å². The van der Waals surface area contributed by atoms with Gasteiger partial charge in [0, 0.05) is 23.9 Å². The topological polar surface area (TPSA) is 99.8 Å². The fourth-order valence-electron chi connectivity index (χ4n) is 2.64. The summed E-state index contributed by atoms with van der Waals surface area (Å²) in [5, 5.41) is 18.9. The van der Waals surface area contributed by atoms with Gasteiger partial charge in [0.2, 0.25) is 5.91 Å². The van der Waals surface area contributed by atoms with Gasteiger partial charge in [-0.15, -0.1) is 0 Å². The van der Waals surface area contributed by atoms with Crippen LogP contribution in [0.1, 0.15) is 42.5 Å². The first-order valence-electron chi connectivity index (χ1n) is 8.86. The lowest BCUT2D eigenvalue weighted by Gasteiger charge is -2.18. The number of nitriles is 1. The van der Waals surface area contributed by atoms with Crippen LogP contribution in [-0.2, 0) is 23.7 Å². The van der Waals surface area contributed by atoms with Crippen molar-refractivity contribution in [3.8, 4) is 6.07 Å². The van der Waals surface area contributed by atoms with E-state index in [1.165, 1.54) is 4.68 Å². The molecule has 1 unspecified atom stereocenters. The molecule has 0 aliphatic carbocycles. The number of rotatable bonds is 6. The largest absolute Gasteiger partial charge is 0.341 e. The zero-order valence-electron chi connectivity index (χ0n) is 16.4. The maximum Gasteiger partial charge on any atom is 0.270 e. The number of hydrogen-bond acceptors (Lipinski definition) is 4. The van der Waals surface area contributed by atoms with E-state index in [0.717, 1.165) is 11.3 Å². The minimum Gasteiger partial charge on any atom is -0.341 e. The minimum atomic E-state index is -0.854. The average Bonchev–Trinajstić information content (AvgIpc) is 3.01. The Morgan fingerprint density at radius 2 is 2.04 bits per heavy atom. The first-order valence-corrected chi connectivity index (χ1v) is 9.24. The lowest BCUT2D eigenvalue weighted by Crippen LogP contribution is -2.48. The molecule has 2 aromatic rings. The van der Waals surface area contributed by atoms with Gasteiger partial charge in [-0.05, 0) is 23.8 Å². The summed E-state index contributed by atoms with van der Waals surface area (Å²) in [4.78, 5) is 25.3. The van der Waals surface area contributed by atoms with Crippen LogP contribution in [-0.4, -0.2) is 34.2 Å². The average molecular weight is 402 g/mol. The van der Waals surface area contributed by atoms with Crippen molar-refractivity contribution in [2.24, 2.45) is 7.05 Å². The summed E-state index contributed by atoms with van der Waals surface area (Å²) >= 11 is 6.02. The number of nitrogens with zero attached hydrogens (tertiary/aromatic N) is 3. The van der Waals surface area contributed by atoms with Gasteiger partial charge < -0.3 is 10.6 Å². The normalized spacial score (nSPS) is 12.1. The van der Waals surface area contributed by atoms with E-state index in [-0.39, 0.29) is 18.4 Å². The predicted octanol–water partition coefficient (Wildman–Crippen LogP) is 2.35. The van der Waals surface area contributed by atoms with Crippen molar-refractivity contribution in [1.82, 2.24) is 20.4 Å². The zero-order chi connectivity index (χ0) is 20.9. The van der Waals surface area contributed by atoms with Gasteiger partial charge in [-0.25, -0.2) is 0 Å². The van der Waals surface area contributed by atoms with E-state index in [0.29, 0.717) is 10.7 Å². The Bertz CT molecular complexity index is 908. The maximum absolute atomic E-state index is 12.8. The highest BCUT2D eigenvalue weighted by atomic mass is 35.5. The van der Waals surface area contributed by atoms with Crippen molar-refractivity contribution in [2.45, 2.75) is 38.6 Å². The van der Waals surface area contributed by atoms with Crippen LogP contribution in [0.3, 0.4) is 0 Å². The first-order chi connectivity index (χ1) is 13.1. The third-order valence-electron chi connectivity index (χ3n) is 4.17. The van der Waals surface area contributed by atoms with E-state index >= 15 is 0 Å². The first kappa shape index (κ1) is 21.5. The molecule has 148 valence electrons. The second-order valence-electron chi connectivity index (χ2n) is 7.52. The highest BCUT2D eigenvalue weighted by molar-refractivity contribution is 6.30. The summed E-state index contributed by atoms with van der Waals surface area (Å²) in [6.45, 7) is 5.89. The van der Waals surface area contributed by atoms with Crippen molar-refractivity contribution in [1.29, 1.82) is 5.26 Å². The van der Waals surface area contributed by atoms with Gasteiger partial charge in [0.05, 0.1) is 11.8 Å². The minimum absolute atomic E-state index is 0.138. The molecule has 0 bridgehead atoms. The van der Waals surface area contributed by atoms with Crippen LogP contribution < -0.4 is 10.6 Å². The van der Waals surface area contributed by atoms with Crippen molar-refractivity contribution in [2.75, 3.05) is 6.54 Å². The molecule has 0 radical (unpaired) electrons. The van der Waals surface area contributed by atoms with Crippen LogP contribution in [0, 0.1) is 11.3 Å². The molecule has 1 aromatic heterocycles. The van der Waals surface area contributed by atoms with Gasteiger partial charge in [-0.3, -0.25) is 14.3 Å². The van der Waals surface area contributed by atoms with Crippen molar-refractivity contribution in [3.63, 3.8) is 0 Å². The van der Waals surface area contributed by atoms with Crippen LogP contribution in [0.4, 0.5) is 0 Å². The van der Waals surface area contributed by atoms with E-state index in [2.05, 4.69) is 15.7 Å². The third-order valence-corrected chi connectivity index (χ3v) is 4.41. The number of nitrogens with one attached hydrogen (secondary N) is 2. The van der Waals surface area contributed by atoms with Gasteiger partial charge >= 0.3 is 0 Å². The molecule has 1 aromatic carbocycles. The molecular formula is C20H24ClN5O2. The molecule has 2 rings (SSSR count).